The second-order valence-electron chi connectivity index (χ2n) is 7.59. The zero-order valence-corrected chi connectivity index (χ0v) is 18.3. The first-order valence-corrected chi connectivity index (χ1v) is 11.9. The summed E-state index contributed by atoms with van der Waals surface area (Å²) in [6.45, 7) is 3.98. The molecule has 168 valence electrons. The molecule has 0 spiro atoms. The van der Waals surface area contributed by atoms with Gasteiger partial charge in [0.25, 0.3) is 0 Å². The van der Waals surface area contributed by atoms with Crippen molar-refractivity contribution in [2.24, 2.45) is 0 Å². The van der Waals surface area contributed by atoms with Crippen molar-refractivity contribution in [3.8, 4) is 0 Å². The fourth-order valence-electron chi connectivity index (χ4n) is 3.51. The van der Waals surface area contributed by atoms with E-state index in [9.17, 15) is 13.2 Å². The van der Waals surface area contributed by atoms with Gasteiger partial charge in [-0.25, -0.2) is 18.4 Å². The summed E-state index contributed by atoms with van der Waals surface area (Å²) in [4.78, 5) is 22.3. The molecule has 2 aliphatic rings. The summed E-state index contributed by atoms with van der Waals surface area (Å²) >= 11 is 0. The molecule has 4 rings (SSSR count). The standard InChI is InChI=1S/C20H27N5O5S/c1-2-29-13-19(26)24-7-9-25(10-8-24)31(27,28)16-5-6-18(21-11-16)22-12-17-20(15-3-4-15)30-14-23-17/h5-6,11,14-15H,2-4,7-10,12-13H2,1H3,(H,21,22). The van der Waals surface area contributed by atoms with E-state index >= 15 is 0 Å². The number of amides is 1. The number of hydrogen-bond acceptors (Lipinski definition) is 8. The number of ether oxygens (including phenoxy) is 1. The number of nitrogens with zero attached hydrogens (tertiary/aromatic N) is 4. The average Bonchev–Trinajstić information content (AvgIpc) is 3.53. The van der Waals surface area contributed by atoms with Gasteiger partial charge in [0.1, 0.15) is 28.8 Å². The lowest BCUT2D eigenvalue weighted by Crippen LogP contribution is -2.51. The number of anilines is 1. The van der Waals surface area contributed by atoms with E-state index < -0.39 is 10.0 Å². The molecule has 0 unspecified atom stereocenters. The minimum absolute atomic E-state index is 0.0259. The predicted molar refractivity (Wildman–Crippen MR) is 112 cm³/mol. The Balaban J connectivity index is 1.32. The van der Waals surface area contributed by atoms with E-state index in [-0.39, 0.29) is 30.5 Å². The molecule has 11 heteroatoms. The summed E-state index contributed by atoms with van der Waals surface area (Å²) in [6, 6.07) is 3.19. The number of sulfonamides is 1. The summed E-state index contributed by atoms with van der Waals surface area (Å²) in [5, 5.41) is 3.17. The lowest BCUT2D eigenvalue weighted by molar-refractivity contribution is -0.137. The van der Waals surface area contributed by atoms with Gasteiger partial charge < -0.3 is 19.4 Å². The van der Waals surface area contributed by atoms with Gasteiger partial charge in [-0.1, -0.05) is 0 Å². The van der Waals surface area contributed by atoms with Gasteiger partial charge in [0, 0.05) is 44.9 Å². The number of oxazole rings is 1. The number of aromatic nitrogens is 2. The maximum Gasteiger partial charge on any atom is 0.248 e. The molecular weight excluding hydrogens is 422 g/mol. The number of rotatable bonds is 9. The van der Waals surface area contributed by atoms with Gasteiger partial charge in [-0.3, -0.25) is 4.79 Å². The van der Waals surface area contributed by atoms with Crippen LogP contribution in [0.25, 0.3) is 0 Å². The molecule has 31 heavy (non-hydrogen) atoms. The highest BCUT2D eigenvalue weighted by Gasteiger charge is 2.31. The molecule has 1 saturated carbocycles. The third-order valence-electron chi connectivity index (χ3n) is 5.45. The maximum absolute atomic E-state index is 12.9. The van der Waals surface area contributed by atoms with Crippen LogP contribution in [0.5, 0.6) is 0 Å². The molecule has 1 aliphatic carbocycles. The fraction of sp³-hybridized carbons (Fsp3) is 0.550. The van der Waals surface area contributed by atoms with Crippen LogP contribution in [-0.2, 0) is 26.1 Å². The van der Waals surface area contributed by atoms with Crippen molar-refractivity contribution in [2.75, 3.05) is 44.7 Å². The van der Waals surface area contributed by atoms with E-state index in [4.69, 9.17) is 9.15 Å². The second kappa shape index (κ2) is 9.33. The summed E-state index contributed by atoms with van der Waals surface area (Å²) in [6.07, 6.45) is 5.07. The molecule has 2 aromatic rings. The Morgan fingerprint density at radius 1 is 1.23 bits per heavy atom. The molecule has 0 bridgehead atoms. The highest BCUT2D eigenvalue weighted by molar-refractivity contribution is 7.89. The largest absolute Gasteiger partial charge is 0.448 e. The first-order chi connectivity index (χ1) is 15.0. The Kier molecular flexibility index (Phi) is 6.54. The number of piperazine rings is 1. The number of nitrogens with one attached hydrogen (secondary N) is 1. The number of hydrogen-bond donors (Lipinski definition) is 1. The van der Waals surface area contributed by atoms with Crippen molar-refractivity contribution in [2.45, 2.75) is 37.1 Å². The Labute approximate surface area is 181 Å². The molecule has 0 atom stereocenters. The summed E-state index contributed by atoms with van der Waals surface area (Å²) < 4.78 is 37.9. The Morgan fingerprint density at radius 2 is 2.00 bits per heavy atom. The minimum atomic E-state index is -3.67. The molecule has 2 fully saturated rings. The van der Waals surface area contributed by atoms with E-state index in [0.717, 1.165) is 24.3 Å². The quantitative estimate of drug-likeness (QED) is 0.611. The Morgan fingerprint density at radius 3 is 2.65 bits per heavy atom. The van der Waals surface area contributed by atoms with Crippen molar-refractivity contribution >= 4 is 21.7 Å². The van der Waals surface area contributed by atoms with Crippen LogP contribution in [0.4, 0.5) is 5.82 Å². The van der Waals surface area contributed by atoms with E-state index in [0.29, 0.717) is 38.0 Å². The first-order valence-electron chi connectivity index (χ1n) is 10.5. The topological polar surface area (TPSA) is 118 Å². The SMILES string of the molecule is CCOCC(=O)N1CCN(S(=O)(=O)c2ccc(NCc3ncoc3C3CC3)nc2)CC1. The van der Waals surface area contributed by atoms with Crippen molar-refractivity contribution in [3.63, 3.8) is 0 Å². The number of carbonyl (C=O) groups is 1. The van der Waals surface area contributed by atoms with E-state index in [2.05, 4.69) is 15.3 Å². The van der Waals surface area contributed by atoms with E-state index in [1.807, 2.05) is 6.92 Å². The Hall–Kier alpha value is -2.50. The highest BCUT2D eigenvalue weighted by Crippen LogP contribution is 2.41. The molecule has 1 N–H and O–H groups in total. The van der Waals surface area contributed by atoms with Crippen molar-refractivity contribution in [1.29, 1.82) is 0 Å². The monoisotopic (exact) mass is 449 g/mol. The maximum atomic E-state index is 12.9. The van der Waals surface area contributed by atoms with Gasteiger partial charge >= 0.3 is 0 Å². The summed E-state index contributed by atoms with van der Waals surface area (Å²) in [5.74, 6) is 1.84. The van der Waals surface area contributed by atoms with Crippen LogP contribution in [0, 0.1) is 0 Å². The Bertz CT molecular complexity index is 995. The molecule has 0 aromatic carbocycles. The highest BCUT2D eigenvalue weighted by atomic mass is 32.2. The normalized spacial score (nSPS) is 17.6. The van der Waals surface area contributed by atoms with Crippen molar-refractivity contribution in [3.05, 3.63) is 36.2 Å². The lowest BCUT2D eigenvalue weighted by Gasteiger charge is -2.33. The molecule has 10 nitrogen and oxygen atoms in total. The molecule has 1 amide bonds. The van der Waals surface area contributed by atoms with E-state index in [1.54, 1.807) is 17.0 Å². The van der Waals surface area contributed by atoms with Crippen molar-refractivity contribution < 1.29 is 22.4 Å². The van der Waals surface area contributed by atoms with Gasteiger partial charge in [0.15, 0.2) is 6.39 Å². The predicted octanol–water partition coefficient (Wildman–Crippen LogP) is 1.43. The van der Waals surface area contributed by atoms with Crippen LogP contribution in [0.2, 0.25) is 0 Å². The smallest absolute Gasteiger partial charge is 0.248 e. The minimum Gasteiger partial charge on any atom is -0.448 e. The third kappa shape index (κ3) is 5.05. The molecule has 2 aromatic heterocycles. The van der Waals surface area contributed by atoms with Crippen LogP contribution in [-0.4, -0.2) is 72.9 Å². The number of carbonyl (C=O) groups excluding carboxylic acids is 1. The number of pyridine rings is 1. The third-order valence-corrected chi connectivity index (χ3v) is 7.34. The zero-order chi connectivity index (χ0) is 21.8. The lowest BCUT2D eigenvalue weighted by atomic mass is 10.2. The fourth-order valence-corrected chi connectivity index (χ4v) is 4.88. The molecule has 1 saturated heterocycles. The van der Waals surface area contributed by atoms with Gasteiger partial charge in [-0.05, 0) is 31.9 Å². The van der Waals surface area contributed by atoms with Gasteiger partial charge in [0.05, 0.1) is 6.54 Å². The van der Waals surface area contributed by atoms with Crippen LogP contribution in [0.3, 0.4) is 0 Å². The van der Waals surface area contributed by atoms with Crippen molar-refractivity contribution in [1.82, 2.24) is 19.2 Å². The molecule has 1 aliphatic heterocycles. The average molecular weight is 450 g/mol. The van der Waals surface area contributed by atoms with E-state index in [1.165, 1.54) is 16.9 Å². The summed E-state index contributed by atoms with van der Waals surface area (Å²) in [7, 11) is -3.67. The van der Waals surface area contributed by atoms with Gasteiger partial charge in [-0.15, -0.1) is 0 Å². The first kappa shape index (κ1) is 21.7. The van der Waals surface area contributed by atoms with Crippen LogP contribution in [0.15, 0.2) is 34.0 Å². The second-order valence-corrected chi connectivity index (χ2v) is 9.53. The van der Waals surface area contributed by atoms with Gasteiger partial charge in [-0.2, -0.15) is 4.31 Å². The zero-order valence-electron chi connectivity index (χ0n) is 17.5. The van der Waals surface area contributed by atoms with Crippen LogP contribution >= 0.6 is 0 Å². The van der Waals surface area contributed by atoms with Crippen LogP contribution in [0.1, 0.15) is 37.1 Å². The summed E-state index contributed by atoms with van der Waals surface area (Å²) in [5.41, 5.74) is 0.859. The molecule has 3 heterocycles. The molecule has 0 radical (unpaired) electrons. The van der Waals surface area contributed by atoms with Gasteiger partial charge in [0.2, 0.25) is 15.9 Å². The van der Waals surface area contributed by atoms with Crippen LogP contribution < -0.4 is 5.32 Å². The molecular formula is C20H27N5O5S.